The molecule has 20 heavy (non-hydrogen) atoms. The van der Waals surface area contributed by atoms with E-state index in [4.69, 9.17) is 0 Å². The molecule has 0 amide bonds. The molecule has 1 aromatic carbocycles. The van der Waals surface area contributed by atoms with Crippen molar-refractivity contribution in [2.45, 2.75) is 65.6 Å². The Morgan fingerprint density at radius 2 is 1.80 bits per heavy atom. The number of unbranched alkanes of at least 4 members (excludes halogenated alkanes) is 2. The summed E-state index contributed by atoms with van der Waals surface area (Å²) in [6, 6.07) is 8.94. The number of nitrogens with zero attached hydrogens (tertiary/aromatic N) is 1. The highest BCUT2D eigenvalue weighted by atomic mass is 15.1. The van der Waals surface area contributed by atoms with Gasteiger partial charge in [0.25, 0.3) is 0 Å². The molecule has 0 aromatic heterocycles. The van der Waals surface area contributed by atoms with Gasteiger partial charge in [0.15, 0.2) is 0 Å². The van der Waals surface area contributed by atoms with Gasteiger partial charge in [0, 0.05) is 18.6 Å². The lowest BCUT2D eigenvalue weighted by molar-refractivity contribution is 0.318. The number of hydrogen-bond donors (Lipinski definition) is 1. The molecule has 1 N–H and O–H groups in total. The highest BCUT2D eigenvalue weighted by Crippen LogP contribution is 2.10. The third-order valence-corrected chi connectivity index (χ3v) is 3.41. The maximum atomic E-state index is 3.55. The molecule has 0 unspecified atom stereocenters. The molecule has 114 valence electrons. The van der Waals surface area contributed by atoms with E-state index in [2.05, 4.69) is 69.2 Å². The molecule has 0 saturated carbocycles. The second-order valence-electron chi connectivity index (χ2n) is 6.87. The van der Waals surface area contributed by atoms with Crippen molar-refractivity contribution in [3.8, 4) is 0 Å². The van der Waals surface area contributed by atoms with Crippen molar-refractivity contribution in [3.63, 3.8) is 0 Å². The highest BCUT2D eigenvalue weighted by molar-refractivity contribution is 5.23. The quantitative estimate of drug-likeness (QED) is 0.716. The molecular formula is C18H32N2. The second-order valence-corrected chi connectivity index (χ2v) is 6.87. The van der Waals surface area contributed by atoms with Crippen LogP contribution in [0, 0.1) is 0 Å². The Hall–Kier alpha value is -0.860. The average molecular weight is 276 g/mol. The molecule has 0 fully saturated rings. The van der Waals surface area contributed by atoms with E-state index in [1.54, 1.807) is 0 Å². The van der Waals surface area contributed by atoms with Gasteiger partial charge in [-0.2, -0.15) is 0 Å². The molecule has 0 aliphatic rings. The molecular weight excluding hydrogens is 244 g/mol. The maximum Gasteiger partial charge on any atom is 0.0230 e. The van der Waals surface area contributed by atoms with Crippen LogP contribution in [-0.2, 0) is 13.1 Å². The Morgan fingerprint density at radius 3 is 2.45 bits per heavy atom. The molecule has 0 aliphatic heterocycles. The zero-order valence-electron chi connectivity index (χ0n) is 14.0. The summed E-state index contributed by atoms with van der Waals surface area (Å²) in [4.78, 5) is 2.42. The summed E-state index contributed by atoms with van der Waals surface area (Å²) in [7, 11) is 2.22. The minimum absolute atomic E-state index is 0.174. The predicted molar refractivity (Wildman–Crippen MR) is 88.9 cm³/mol. The van der Waals surface area contributed by atoms with Gasteiger partial charge in [0.05, 0.1) is 0 Å². The van der Waals surface area contributed by atoms with Gasteiger partial charge in [-0.05, 0) is 51.9 Å². The smallest absolute Gasteiger partial charge is 0.0230 e. The van der Waals surface area contributed by atoms with Gasteiger partial charge in [-0.3, -0.25) is 0 Å². The normalized spacial score (nSPS) is 12.1. The van der Waals surface area contributed by atoms with E-state index in [1.807, 2.05) is 0 Å². The number of benzene rings is 1. The summed E-state index contributed by atoms with van der Waals surface area (Å²) in [5, 5.41) is 3.55. The Morgan fingerprint density at radius 1 is 1.10 bits per heavy atom. The molecule has 0 aliphatic carbocycles. The standard InChI is InChI=1S/C18H32N2/c1-6-7-8-12-20(5)15-17-11-9-10-16(13-17)14-19-18(2,3)4/h9-11,13,19H,6-8,12,14-15H2,1-5H3. The lowest BCUT2D eigenvalue weighted by Gasteiger charge is -2.21. The summed E-state index contributed by atoms with van der Waals surface area (Å²) in [6.07, 6.45) is 3.93. The van der Waals surface area contributed by atoms with Gasteiger partial charge in [-0.1, -0.05) is 44.0 Å². The van der Waals surface area contributed by atoms with E-state index in [-0.39, 0.29) is 5.54 Å². The van der Waals surface area contributed by atoms with Crippen LogP contribution in [0.5, 0.6) is 0 Å². The largest absolute Gasteiger partial charge is 0.308 e. The summed E-state index contributed by atoms with van der Waals surface area (Å²) in [5.74, 6) is 0. The second kappa shape index (κ2) is 8.43. The van der Waals surface area contributed by atoms with Crippen molar-refractivity contribution in [3.05, 3.63) is 35.4 Å². The van der Waals surface area contributed by atoms with Crippen LogP contribution in [0.15, 0.2) is 24.3 Å². The first kappa shape index (κ1) is 17.2. The molecule has 2 nitrogen and oxygen atoms in total. The molecule has 0 saturated heterocycles. The lowest BCUT2D eigenvalue weighted by Crippen LogP contribution is -2.35. The highest BCUT2D eigenvalue weighted by Gasteiger charge is 2.08. The van der Waals surface area contributed by atoms with Crippen molar-refractivity contribution in [1.82, 2.24) is 10.2 Å². The Bertz CT molecular complexity index is 379. The zero-order valence-corrected chi connectivity index (χ0v) is 14.0. The minimum atomic E-state index is 0.174. The summed E-state index contributed by atoms with van der Waals surface area (Å²) in [5.41, 5.74) is 2.96. The molecule has 0 bridgehead atoms. The first-order chi connectivity index (χ1) is 9.40. The SMILES string of the molecule is CCCCCN(C)Cc1cccc(CNC(C)(C)C)c1. The number of rotatable bonds is 8. The number of nitrogens with one attached hydrogen (secondary N) is 1. The van der Waals surface area contributed by atoms with Crippen LogP contribution < -0.4 is 5.32 Å². The van der Waals surface area contributed by atoms with Gasteiger partial charge in [-0.25, -0.2) is 0 Å². The summed E-state index contributed by atoms with van der Waals surface area (Å²) < 4.78 is 0. The van der Waals surface area contributed by atoms with E-state index in [9.17, 15) is 0 Å². The molecule has 0 spiro atoms. The Kier molecular flexibility index (Phi) is 7.25. The van der Waals surface area contributed by atoms with Gasteiger partial charge >= 0.3 is 0 Å². The molecule has 2 heteroatoms. The third kappa shape index (κ3) is 7.66. The molecule has 1 rings (SSSR count). The predicted octanol–water partition coefficient (Wildman–Crippen LogP) is 4.20. The minimum Gasteiger partial charge on any atom is -0.308 e. The first-order valence-electron chi connectivity index (χ1n) is 7.92. The van der Waals surface area contributed by atoms with E-state index in [0.717, 1.165) is 13.1 Å². The first-order valence-corrected chi connectivity index (χ1v) is 7.92. The van der Waals surface area contributed by atoms with Gasteiger partial charge in [-0.15, -0.1) is 0 Å². The fourth-order valence-corrected chi connectivity index (χ4v) is 2.23. The zero-order chi connectivity index (χ0) is 15.0. The van der Waals surface area contributed by atoms with E-state index >= 15 is 0 Å². The maximum absolute atomic E-state index is 3.55. The summed E-state index contributed by atoms with van der Waals surface area (Å²) in [6.45, 7) is 12.1. The van der Waals surface area contributed by atoms with Crippen LogP contribution in [0.25, 0.3) is 0 Å². The van der Waals surface area contributed by atoms with Crippen molar-refractivity contribution in [2.24, 2.45) is 0 Å². The van der Waals surface area contributed by atoms with Crippen LogP contribution in [-0.4, -0.2) is 24.0 Å². The van der Waals surface area contributed by atoms with Crippen molar-refractivity contribution in [2.75, 3.05) is 13.6 Å². The fourth-order valence-electron chi connectivity index (χ4n) is 2.23. The van der Waals surface area contributed by atoms with Crippen molar-refractivity contribution >= 4 is 0 Å². The fraction of sp³-hybridized carbons (Fsp3) is 0.667. The van der Waals surface area contributed by atoms with Gasteiger partial charge in [0.1, 0.15) is 0 Å². The Balaban J connectivity index is 2.46. The third-order valence-electron chi connectivity index (χ3n) is 3.41. The van der Waals surface area contributed by atoms with E-state index in [0.29, 0.717) is 0 Å². The lowest BCUT2D eigenvalue weighted by atomic mass is 10.1. The topological polar surface area (TPSA) is 15.3 Å². The molecule has 0 atom stereocenters. The van der Waals surface area contributed by atoms with Crippen LogP contribution in [0.3, 0.4) is 0 Å². The van der Waals surface area contributed by atoms with E-state index < -0.39 is 0 Å². The van der Waals surface area contributed by atoms with Gasteiger partial charge in [0.2, 0.25) is 0 Å². The van der Waals surface area contributed by atoms with Crippen LogP contribution in [0.2, 0.25) is 0 Å². The van der Waals surface area contributed by atoms with Crippen molar-refractivity contribution < 1.29 is 0 Å². The van der Waals surface area contributed by atoms with E-state index in [1.165, 1.54) is 36.9 Å². The van der Waals surface area contributed by atoms with Crippen LogP contribution >= 0.6 is 0 Å². The average Bonchev–Trinajstić information content (AvgIpc) is 2.36. The number of hydrogen-bond acceptors (Lipinski definition) is 2. The van der Waals surface area contributed by atoms with Gasteiger partial charge < -0.3 is 10.2 Å². The van der Waals surface area contributed by atoms with Crippen molar-refractivity contribution in [1.29, 1.82) is 0 Å². The molecule has 1 aromatic rings. The monoisotopic (exact) mass is 276 g/mol. The summed E-state index contributed by atoms with van der Waals surface area (Å²) >= 11 is 0. The van der Waals surface area contributed by atoms with Crippen LogP contribution in [0.4, 0.5) is 0 Å². The van der Waals surface area contributed by atoms with Crippen LogP contribution in [0.1, 0.15) is 58.1 Å². The Labute approximate surface area is 125 Å². The molecule has 0 heterocycles. The molecule has 0 radical (unpaired) electrons.